The van der Waals surface area contributed by atoms with Crippen LogP contribution >= 0.6 is 10.0 Å². The lowest BCUT2D eigenvalue weighted by Crippen LogP contribution is -2.12. The van der Waals surface area contributed by atoms with E-state index in [-0.39, 0.29) is 0 Å². The van der Waals surface area contributed by atoms with E-state index in [1.807, 2.05) is 12.1 Å². The topological polar surface area (TPSA) is 27.3 Å². The molecule has 46 heavy (non-hydrogen) atoms. The average molecular weight is 610 g/mol. The Hall–Kier alpha value is -5.71. The Morgan fingerprint density at radius 1 is 0.457 bits per heavy atom. The Morgan fingerprint density at radius 3 is 1.91 bits per heavy atom. The standard InChI is InChI=1S/C42H27NO2S/c1-3-13-29(14-4-1)46(30-15-5-2-6-16-30)39-22-12-11-21-38(39)45-42-40(46)26-24-35-41(42)32-18-7-9-19-34(32)43(35)28-23-25-37-33(27-28)31-17-8-10-20-36(31)44-37/h1-27H. The Labute approximate surface area is 267 Å². The molecule has 0 spiro atoms. The summed E-state index contributed by atoms with van der Waals surface area (Å²) in [5.74, 6) is 1.84. The van der Waals surface area contributed by atoms with Crippen LogP contribution in [0.3, 0.4) is 0 Å². The van der Waals surface area contributed by atoms with Gasteiger partial charge in [0, 0.05) is 41.4 Å². The van der Waals surface area contributed by atoms with Gasteiger partial charge in [-0.25, -0.2) is 0 Å². The number of ether oxygens (including phenoxy) is 1. The van der Waals surface area contributed by atoms with Crippen molar-refractivity contribution < 1.29 is 9.15 Å². The van der Waals surface area contributed by atoms with Gasteiger partial charge in [-0.2, -0.15) is 0 Å². The van der Waals surface area contributed by atoms with Gasteiger partial charge in [-0.1, -0.05) is 84.9 Å². The highest BCUT2D eigenvalue weighted by Crippen LogP contribution is 2.79. The fraction of sp³-hybridized carbons (Fsp3) is 0. The monoisotopic (exact) mass is 609 g/mol. The molecule has 1 aliphatic heterocycles. The lowest BCUT2D eigenvalue weighted by molar-refractivity contribution is 0.458. The van der Waals surface area contributed by atoms with E-state index < -0.39 is 10.0 Å². The molecule has 3 heterocycles. The van der Waals surface area contributed by atoms with Gasteiger partial charge in [-0.15, -0.1) is 10.0 Å². The van der Waals surface area contributed by atoms with Gasteiger partial charge in [-0.3, -0.25) is 0 Å². The van der Waals surface area contributed by atoms with Gasteiger partial charge in [0.05, 0.1) is 16.4 Å². The van der Waals surface area contributed by atoms with E-state index in [1.165, 1.54) is 25.0 Å². The van der Waals surface area contributed by atoms with Crippen molar-refractivity contribution in [1.82, 2.24) is 4.57 Å². The molecule has 0 bridgehead atoms. The van der Waals surface area contributed by atoms with Gasteiger partial charge >= 0.3 is 0 Å². The third-order valence-corrected chi connectivity index (χ3v) is 13.2. The quantitative estimate of drug-likeness (QED) is 0.199. The summed E-state index contributed by atoms with van der Waals surface area (Å²) in [5, 5.41) is 4.53. The second-order valence-electron chi connectivity index (χ2n) is 11.7. The second kappa shape index (κ2) is 9.64. The number of rotatable bonds is 3. The molecule has 10 rings (SSSR count). The summed E-state index contributed by atoms with van der Waals surface area (Å²) < 4.78 is 15.6. The van der Waals surface area contributed by atoms with Crippen LogP contribution in [0.25, 0.3) is 49.4 Å². The van der Waals surface area contributed by atoms with Crippen molar-refractivity contribution in [2.24, 2.45) is 0 Å². The fourth-order valence-electron chi connectivity index (χ4n) is 7.39. The highest BCUT2D eigenvalue weighted by molar-refractivity contribution is 8.34. The molecule has 0 aliphatic carbocycles. The third-order valence-electron chi connectivity index (χ3n) is 9.29. The van der Waals surface area contributed by atoms with Gasteiger partial charge in [0.1, 0.15) is 16.9 Å². The maximum absolute atomic E-state index is 7.05. The van der Waals surface area contributed by atoms with E-state index in [0.717, 1.165) is 55.5 Å². The lowest BCUT2D eigenvalue weighted by atomic mass is 10.1. The molecule has 0 unspecified atom stereocenters. The first-order chi connectivity index (χ1) is 22.8. The van der Waals surface area contributed by atoms with Crippen LogP contribution in [-0.2, 0) is 0 Å². The minimum atomic E-state index is -1.88. The van der Waals surface area contributed by atoms with Gasteiger partial charge in [0.2, 0.25) is 0 Å². The van der Waals surface area contributed by atoms with Crippen LogP contribution in [0.4, 0.5) is 0 Å². The Balaban J connectivity index is 1.34. The molecule has 2 aromatic heterocycles. The van der Waals surface area contributed by atoms with Crippen molar-refractivity contribution >= 4 is 53.8 Å². The number of hydrogen-bond donors (Lipinski definition) is 0. The van der Waals surface area contributed by atoms with Crippen LogP contribution in [0.2, 0.25) is 0 Å². The van der Waals surface area contributed by atoms with Gasteiger partial charge < -0.3 is 13.7 Å². The summed E-state index contributed by atoms with van der Waals surface area (Å²) in [6.45, 7) is 0. The summed E-state index contributed by atoms with van der Waals surface area (Å²) in [6.07, 6.45) is 0. The summed E-state index contributed by atoms with van der Waals surface area (Å²) in [4.78, 5) is 5.02. The molecule has 0 saturated heterocycles. The molecule has 0 radical (unpaired) electrons. The average Bonchev–Trinajstić information content (AvgIpc) is 3.67. The van der Waals surface area contributed by atoms with Crippen LogP contribution in [0.15, 0.2) is 188 Å². The number of fused-ring (bicyclic) bond motifs is 9. The normalized spacial score (nSPS) is 14.3. The largest absolute Gasteiger partial charge is 0.456 e. The maximum atomic E-state index is 7.05. The smallest absolute Gasteiger partial charge is 0.150 e. The number of furan rings is 1. The van der Waals surface area contributed by atoms with Crippen molar-refractivity contribution in [2.75, 3.05) is 0 Å². The van der Waals surface area contributed by atoms with Crippen LogP contribution < -0.4 is 4.74 Å². The van der Waals surface area contributed by atoms with Crippen LogP contribution in [-0.4, -0.2) is 4.57 Å². The first kappa shape index (κ1) is 25.6. The van der Waals surface area contributed by atoms with E-state index in [4.69, 9.17) is 9.15 Å². The minimum Gasteiger partial charge on any atom is -0.456 e. The SMILES string of the molecule is c1ccc(S2(c3ccccc3)c3ccccc3Oc3c2ccc2c3c3ccccc3n2-c2ccc3oc4ccccc4c3c2)cc1. The molecule has 0 saturated carbocycles. The molecule has 0 N–H and O–H groups in total. The van der Waals surface area contributed by atoms with E-state index in [9.17, 15) is 0 Å². The number of benzene rings is 7. The van der Waals surface area contributed by atoms with E-state index in [2.05, 4.69) is 156 Å². The van der Waals surface area contributed by atoms with Crippen LogP contribution in [0.5, 0.6) is 11.5 Å². The van der Waals surface area contributed by atoms with Crippen LogP contribution in [0, 0.1) is 0 Å². The summed E-state index contributed by atoms with van der Waals surface area (Å²) in [6, 6.07) is 58.7. The molecule has 0 fully saturated rings. The number of para-hydroxylation sites is 3. The predicted molar refractivity (Wildman–Crippen MR) is 188 cm³/mol. The Bertz CT molecular complexity index is 2580. The molecule has 9 aromatic rings. The molecule has 0 atom stereocenters. The molecule has 4 heteroatoms. The molecular weight excluding hydrogens is 583 g/mol. The number of nitrogens with zero attached hydrogens (tertiary/aromatic N) is 1. The summed E-state index contributed by atoms with van der Waals surface area (Å²) >= 11 is 0. The molecular formula is C42H27NO2S. The Morgan fingerprint density at radius 2 is 1.11 bits per heavy atom. The zero-order valence-electron chi connectivity index (χ0n) is 24.8. The minimum absolute atomic E-state index is 0.891. The first-order valence-corrected chi connectivity index (χ1v) is 17.1. The van der Waals surface area contributed by atoms with E-state index in [0.29, 0.717) is 0 Å². The van der Waals surface area contributed by atoms with Crippen molar-refractivity contribution in [3.8, 4) is 17.2 Å². The summed E-state index contributed by atoms with van der Waals surface area (Å²) in [7, 11) is -1.88. The maximum Gasteiger partial charge on any atom is 0.150 e. The van der Waals surface area contributed by atoms with Crippen molar-refractivity contribution in [3.63, 3.8) is 0 Å². The highest BCUT2D eigenvalue weighted by Gasteiger charge is 2.42. The molecule has 218 valence electrons. The number of hydrogen-bond acceptors (Lipinski definition) is 2. The van der Waals surface area contributed by atoms with Crippen molar-refractivity contribution in [3.05, 3.63) is 164 Å². The molecule has 0 amide bonds. The van der Waals surface area contributed by atoms with Crippen molar-refractivity contribution in [1.29, 1.82) is 0 Å². The fourth-order valence-corrected chi connectivity index (χ4v) is 11.4. The van der Waals surface area contributed by atoms with Gasteiger partial charge in [0.15, 0.2) is 5.75 Å². The number of aromatic nitrogens is 1. The second-order valence-corrected chi connectivity index (χ2v) is 14.8. The van der Waals surface area contributed by atoms with Gasteiger partial charge in [-0.05, 0) is 78.9 Å². The van der Waals surface area contributed by atoms with Gasteiger partial charge in [0.25, 0.3) is 0 Å². The molecule has 7 aromatic carbocycles. The van der Waals surface area contributed by atoms with E-state index >= 15 is 0 Å². The Kier molecular flexibility index (Phi) is 5.37. The lowest BCUT2D eigenvalue weighted by Gasteiger charge is -2.46. The third kappa shape index (κ3) is 3.39. The van der Waals surface area contributed by atoms with Crippen LogP contribution in [0.1, 0.15) is 0 Å². The molecule has 1 aliphatic rings. The molecule has 3 nitrogen and oxygen atoms in total. The van der Waals surface area contributed by atoms with E-state index in [1.54, 1.807) is 0 Å². The highest BCUT2D eigenvalue weighted by atomic mass is 32.3. The zero-order valence-corrected chi connectivity index (χ0v) is 25.6. The zero-order chi connectivity index (χ0) is 30.2. The summed E-state index contributed by atoms with van der Waals surface area (Å²) in [5.41, 5.74) is 5.13. The van der Waals surface area contributed by atoms with Crippen molar-refractivity contribution in [2.45, 2.75) is 19.6 Å². The predicted octanol–water partition coefficient (Wildman–Crippen LogP) is 12.1. The first-order valence-electron chi connectivity index (χ1n) is 15.5.